The molecule has 2 aromatic carbocycles. The van der Waals surface area contributed by atoms with E-state index in [1.54, 1.807) is 55.6 Å². The molecule has 1 aromatic heterocycles. The zero-order valence-electron chi connectivity index (χ0n) is 15.1. The van der Waals surface area contributed by atoms with Gasteiger partial charge in [0.2, 0.25) is 5.88 Å². The molecule has 0 radical (unpaired) electrons. The number of rotatable bonds is 5. The van der Waals surface area contributed by atoms with Crippen LogP contribution in [0.3, 0.4) is 0 Å². The number of aromatic nitrogens is 2. The van der Waals surface area contributed by atoms with E-state index in [2.05, 4.69) is 10.2 Å². The molecule has 0 fully saturated rings. The number of nitrogens with zero attached hydrogens (tertiary/aromatic N) is 3. The molecule has 3 rings (SSSR count). The molecule has 0 bridgehead atoms. The Bertz CT molecular complexity index is 944. The van der Waals surface area contributed by atoms with Gasteiger partial charge in [-0.25, -0.2) is 0 Å². The second-order valence-corrected chi connectivity index (χ2v) is 6.25. The van der Waals surface area contributed by atoms with Gasteiger partial charge in [0.05, 0.1) is 18.4 Å². The summed E-state index contributed by atoms with van der Waals surface area (Å²) in [6.45, 7) is 1.85. The largest absolute Gasteiger partial charge is 0.496 e. The highest BCUT2D eigenvalue weighted by molar-refractivity contribution is 6.31. The second-order valence-electron chi connectivity index (χ2n) is 5.82. The Hall–Kier alpha value is -3.12. The molecule has 7 heteroatoms. The molecule has 0 aliphatic heterocycles. The highest BCUT2D eigenvalue weighted by Crippen LogP contribution is 2.27. The van der Waals surface area contributed by atoms with Gasteiger partial charge in [-0.1, -0.05) is 11.6 Å². The van der Waals surface area contributed by atoms with E-state index in [9.17, 15) is 4.79 Å². The predicted octanol–water partition coefficient (Wildman–Crippen LogP) is 4.52. The number of hydrogen-bond acceptors (Lipinski definition) is 5. The number of anilines is 1. The van der Waals surface area contributed by atoms with Crippen LogP contribution in [0.2, 0.25) is 5.02 Å². The smallest absolute Gasteiger partial charge is 0.261 e. The number of carbonyl (C=O) groups is 1. The number of aryl methyl sites for hydroxylation is 1. The summed E-state index contributed by atoms with van der Waals surface area (Å²) in [5.74, 6) is 1.24. The molecule has 0 atom stereocenters. The maximum absolute atomic E-state index is 12.8. The van der Waals surface area contributed by atoms with Gasteiger partial charge in [0.15, 0.2) is 0 Å². The molecule has 1 heterocycles. The summed E-state index contributed by atoms with van der Waals surface area (Å²) in [4.78, 5) is 14.3. The average molecular weight is 384 g/mol. The lowest BCUT2D eigenvalue weighted by Gasteiger charge is -2.19. The van der Waals surface area contributed by atoms with Gasteiger partial charge in [0.1, 0.15) is 11.5 Å². The third-order valence-electron chi connectivity index (χ3n) is 3.92. The first-order valence-electron chi connectivity index (χ1n) is 8.18. The normalized spacial score (nSPS) is 10.4. The van der Waals surface area contributed by atoms with E-state index >= 15 is 0 Å². The monoisotopic (exact) mass is 383 g/mol. The van der Waals surface area contributed by atoms with Crippen LogP contribution in [0.5, 0.6) is 17.4 Å². The standard InChI is InChI=1S/C20H18ClN3O3/c1-13-4-11-19(23-22-13)27-16-8-6-15(7-9-16)24(2)20(25)17-12-14(21)5-10-18(17)26-3/h4-12H,1-3H3. The molecule has 0 N–H and O–H groups in total. The molecule has 27 heavy (non-hydrogen) atoms. The van der Waals surface area contributed by atoms with Crippen molar-refractivity contribution in [3.05, 3.63) is 70.9 Å². The lowest BCUT2D eigenvalue weighted by molar-refractivity contribution is 0.0990. The lowest BCUT2D eigenvalue weighted by Crippen LogP contribution is -2.26. The van der Waals surface area contributed by atoms with Gasteiger partial charge in [-0.2, -0.15) is 5.10 Å². The van der Waals surface area contributed by atoms with Gasteiger partial charge in [0, 0.05) is 23.8 Å². The maximum atomic E-state index is 12.8. The number of amides is 1. The summed E-state index contributed by atoms with van der Waals surface area (Å²) in [5.41, 5.74) is 1.90. The molecule has 138 valence electrons. The Labute approximate surface area is 162 Å². The SMILES string of the molecule is COc1ccc(Cl)cc1C(=O)N(C)c1ccc(Oc2ccc(C)nn2)cc1. The number of carbonyl (C=O) groups excluding carboxylic acids is 1. The number of hydrogen-bond donors (Lipinski definition) is 0. The second kappa shape index (κ2) is 8.05. The van der Waals surface area contributed by atoms with E-state index in [-0.39, 0.29) is 5.91 Å². The fraction of sp³-hybridized carbons (Fsp3) is 0.150. The first-order chi connectivity index (χ1) is 13.0. The van der Waals surface area contributed by atoms with Crippen LogP contribution in [0.4, 0.5) is 5.69 Å². The average Bonchev–Trinajstić information content (AvgIpc) is 2.69. The van der Waals surface area contributed by atoms with Crippen molar-refractivity contribution < 1.29 is 14.3 Å². The van der Waals surface area contributed by atoms with E-state index in [1.165, 1.54) is 12.0 Å². The van der Waals surface area contributed by atoms with E-state index in [0.29, 0.717) is 33.7 Å². The van der Waals surface area contributed by atoms with Crippen LogP contribution in [0.1, 0.15) is 16.1 Å². The van der Waals surface area contributed by atoms with Crippen LogP contribution in [-0.2, 0) is 0 Å². The lowest BCUT2D eigenvalue weighted by atomic mass is 10.1. The van der Waals surface area contributed by atoms with Crippen LogP contribution in [0.15, 0.2) is 54.6 Å². The minimum Gasteiger partial charge on any atom is -0.496 e. The van der Waals surface area contributed by atoms with Gasteiger partial charge in [-0.05, 0) is 55.5 Å². The van der Waals surface area contributed by atoms with Crippen molar-refractivity contribution in [1.29, 1.82) is 0 Å². The van der Waals surface area contributed by atoms with Crippen molar-refractivity contribution in [1.82, 2.24) is 10.2 Å². The van der Waals surface area contributed by atoms with Crippen molar-refractivity contribution in [2.24, 2.45) is 0 Å². The fourth-order valence-electron chi connectivity index (χ4n) is 2.44. The highest BCUT2D eigenvalue weighted by Gasteiger charge is 2.18. The minimum absolute atomic E-state index is 0.229. The summed E-state index contributed by atoms with van der Waals surface area (Å²) >= 11 is 6.02. The van der Waals surface area contributed by atoms with E-state index in [1.807, 2.05) is 13.0 Å². The van der Waals surface area contributed by atoms with Gasteiger partial charge in [-0.15, -0.1) is 5.10 Å². The third-order valence-corrected chi connectivity index (χ3v) is 4.15. The number of methoxy groups -OCH3 is 1. The van der Waals surface area contributed by atoms with Gasteiger partial charge < -0.3 is 14.4 Å². The summed E-state index contributed by atoms with van der Waals surface area (Å²) in [6.07, 6.45) is 0. The molecule has 1 amide bonds. The third kappa shape index (κ3) is 4.35. The summed E-state index contributed by atoms with van der Waals surface area (Å²) in [5, 5.41) is 8.38. The van der Waals surface area contributed by atoms with Crippen molar-refractivity contribution >= 4 is 23.2 Å². The zero-order chi connectivity index (χ0) is 19.4. The molecular formula is C20H18ClN3O3. The van der Waals surface area contributed by atoms with Crippen molar-refractivity contribution in [2.45, 2.75) is 6.92 Å². The Morgan fingerprint density at radius 3 is 2.41 bits per heavy atom. The van der Waals surface area contributed by atoms with E-state index in [4.69, 9.17) is 21.1 Å². The maximum Gasteiger partial charge on any atom is 0.261 e. The highest BCUT2D eigenvalue weighted by atomic mass is 35.5. The molecule has 0 unspecified atom stereocenters. The molecule has 0 aliphatic rings. The Kier molecular flexibility index (Phi) is 5.57. The van der Waals surface area contributed by atoms with E-state index in [0.717, 1.165) is 5.69 Å². The van der Waals surface area contributed by atoms with Crippen LogP contribution in [-0.4, -0.2) is 30.3 Å². The van der Waals surface area contributed by atoms with Crippen LogP contribution in [0, 0.1) is 6.92 Å². The topological polar surface area (TPSA) is 64.5 Å². The van der Waals surface area contributed by atoms with Gasteiger partial charge >= 0.3 is 0 Å². The Balaban J connectivity index is 1.77. The Morgan fingerprint density at radius 1 is 1.04 bits per heavy atom. The van der Waals surface area contributed by atoms with Crippen LogP contribution >= 0.6 is 11.6 Å². The fourth-order valence-corrected chi connectivity index (χ4v) is 2.62. The summed E-state index contributed by atoms with van der Waals surface area (Å²) in [7, 11) is 3.20. The molecule has 0 spiro atoms. The minimum atomic E-state index is -0.229. The number of ether oxygens (including phenoxy) is 2. The molecule has 3 aromatic rings. The quantitative estimate of drug-likeness (QED) is 0.648. The van der Waals surface area contributed by atoms with Gasteiger partial charge in [0.25, 0.3) is 5.91 Å². The molecular weight excluding hydrogens is 366 g/mol. The molecule has 0 saturated heterocycles. The van der Waals surface area contributed by atoms with Crippen LogP contribution < -0.4 is 14.4 Å². The first kappa shape index (κ1) is 18.7. The summed E-state index contributed by atoms with van der Waals surface area (Å²) < 4.78 is 10.9. The van der Waals surface area contributed by atoms with E-state index < -0.39 is 0 Å². The van der Waals surface area contributed by atoms with Crippen LogP contribution in [0.25, 0.3) is 0 Å². The summed E-state index contributed by atoms with van der Waals surface area (Å²) in [6, 6.07) is 15.6. The first-order valence-corrected chi connectivity index (χ1v) is 8.55. The molecule has 0 aliphatic carbocycles. The van der Waals surface area contributed by atoms with Crippen molar-refractivity contribution in [2.75, 3.05) is 19.1 Å². The zero-order valence-corrected chi connectivity index (χ0v) is 15.9. The number of benzene rings is 2. The van der Waals surface area contributed by atoms with Gasteiger partial charge in [-0.3, -0.25) is 4.79 Å². The number of halogens is 1. The Morgan fingerprint density at radius 2 is 1.78 bits per heavy atom. The molecule has 6 nitrogen and oxygen atoms in total. The predicted molar refractivity (Wildman–Crippen MR) is 104 cm³/mol. The van der Waals surface area contributed by atoms with Crippen molar-refractivity contribution in [3.8, 4) is 17.4 Å². The molecule has 0 saturated carbocycles. The van der Waals surface area contributed by atoms with Crippen molar-refractivity contribution in [3.63, 3.8) is 0 Å².